The van der Waals surface area contributed by atoms with Gasteiger partial charge in [0.2, 0.25) is 0 Å². The molecule has 2 aromatic rings. The Morgan fingerprint density at radius 1 is 1.23 bits per heavy atom. The molecule has 0 unspecified atom stereocenters. The van der Waals surface area contributed by atoms with Gasteiger partial charge in [-0.25, -0.2) is 4.39 Å². The number of likely N-dealkylation sites (tertiary alicyclic amines) is 1. The van der Waals surface area contributed by atoms with Crippen LogP contribution < -0.4 is 0 Å². The third kappa shape index (κ3) is 5.03. The number of rotatable bonds is 7. The Kier molecular flexibility index (Phi) is 6.81. The van der Waals surface area contributed by atoms with Crippen LogP contribution in [0.3, 0.4) is 0 Å². The minimum atomic E-state index is -0.689. The zero-order valence-corrected chi connectivity index (χ0v) is 16.6. The van der Waals surface area contributed by atoms with E-state index in [1.54, 1.807) is 24.0 Å². The lowest BCUT2D eigenvalue weighted by Gasteiger charge is -2.35. The molecule has 0 N–H and O–H groups in total. The van der Waals surface area contributed by atoms with Crippen LogP contribution in [-0.2, 0) is 9.53 Å². The summed E-state index contributed by atoms with van der Waals surface area (Å²) >= 11 is 0. The molecule has 8 nitrogen and oxygen atoms in total. The second-order valence-electron chi connectivity index (χ2n) is 7.19. The number of ether oxygens (including phenoxy) is 1. The van der Waals surface area contributed by atoms with Crippen LogP contribution in [0.2, 0.25) is 0 Å². The van der Waals surface area contributed by atoms with Crippen molar-refractivity contribution in [3.05, 3.63) is 63.7 Å². The number of nitrogens with zero attached hydrogens (tertiary/aromatic N) is 2. The molecule has 1 atom stereocenters. The maximum atomic E-state index is 13.3. The van der Waals surface area contributed by atoms with E-state index in [1.807, 2.05) is 0 Å². The molecule has 0 radical (unpaired) electrons. The SMILES string of the molecule is CCOC(=O)C[C@H](c1ccc(F)cc1)C1CCN(C(=O)c2ccc([N+](=O)[O-])o2)CC1. The van der Waals surface area contributed by atoms with Crippen LogP contribution in [0.4, 0.5) is 10.3 Å². The Balaban J connectivity index is 1.68. The summed E-state index contributed by atoms with van der Waals surface area (Å²) in [4.78, 5) is 36.3. The summed E-state index contributed by atoms with van der Waals surface area (Å²) < 4.78 is 23.5. The normalized spacial score (nSPS) is 15.6. The van der Waals surface area contributed by atoms with Gasteiger partial charge in [0.1, 0.15) is 10.7 Å². The van der Waals surface area contributed by atoms with Gasteiger partial charge in [0.05, 0.1) is 19.1 Å². The van der Waals surface area contributed by atoms with Gasteiger partial charge in [0.15, 0.2) is 5.76 Å². The molecular formula is C21H23FN2O6. The van der Waals surface area contributed by atoms with Crippen molar-refractivity contribution in [2.45, 2.75) is 32.1 Å². The van der Waals surface area contributed by atoms with Crippen LogP contribution >= 0.6 is 0 Å². The number of nitro groups is 1. The largest absolute Gasteiger partial charge is 0.466 e. The Morgan fingerprint density at radius 3 is 2.47 bits per heavy atom. The predicted octanol–water partition coefficient (Wildman–Crippen LogP) is 3.92. The van der Waals surface area contributed by atoms with Crippen LogP contribution in [0, 0.1) is 21.8 Å². The molecule has 0 bridgehead atoms. The fourth-order valence-corrected chi connectivity index (χ4v) is 3.87. The van der Waals surface area contributed by atoms with E-state index in [2.05, 4.69) is 0 Å². The van der Waals surface area contributed by atoms with Crippen molar-refractivity contribution in [1.29, 1.82) is 0 Å². The first-order valence-corrected chi connectivity index (χ1v) is 9.83. The summed E-state index contributed by atoms with van der Waals surface area (Å²) in [5.74, 6) is -1.64. The van der Waals surface area contributed by atoms with Gasteiger partial charge in [0, 0.05) is 13.1 Å². The van der Waals surface area contributed by atoms with Gasteiger partial charge in [0.25, 0.3) is 5.91 Å². The lowest BCUT2D eigenvalue weighted by molar-refractivity contribution is -0.402. The summed E-state index contributed by atoms with van der Waals surface area (Å²) in [7, 11) is 0. The smallest absolute Gasteiger partial charge is 0.433 e. The first kappa shape index (κ1) is 21.5. The summed E-state index contributed by atoms with van der Waals surface area (Å²) in [6.07, 6.45) is 1.45. The molecule has 1 aromatic heterocycles. The maximum Gasteiger partial charge on any atom is 0.433 e. The monoisotopic (exact) mass is 418 g/mol. The summed E-state index contributed by atoms with van der Waals surface area (Å²) in [6, 6.07) is 8.56. The number of piperidine rings is 1. The highest BCUT2D eigenvalue weighted by atomic mass is 19.1. The van der Waals surface area contributed by atoms with Gasteiger partial charge in [-0.05, 0) is 55.4 Å². The topological polar surface area (TPSA) is 103 Å². The highest BCUT2D eigenvalue weighted by molar-refractivity contribution is 5.91. The molecule has 1 aliphatic rings. The predicted molar refractivity (Wildman–Crippen MR) is 104 cm³/mol. The summed E-state index contributed by atoms with van der Waals surface area (Å²) in [5, 5.41) is 10.7. The zero-order chi connectivity index (χ0) is 21.7. The van der Waals surface area contributed by atoms with Gasteiger partial charge in [-0.3, -0.25) is 19.7 Å². The van der Waals surface area contributed by atoms with E-state index >= 15 is 0 Å². The Labute approximate surface area is 172 Å². The van der Waals surface area contributed by atoms with Gasteiger partial charge in [-0.1, -0.05) is 12.1 Å². The van der Waals surface area contributed by atoms with Gasteiger partial charge < -0.3 is 14.1 Å². The average molecular weight is 418 g/mol. The maximum absolute atomic E-state index is 13.3. The van der Waals surface area contributed by atoms with E-state index in [0.717, 1.165) is 11.6 Å². The molecule has 1 fully saturated rings. The highest BCUT2D eigenvalue weighted by Gasteiger charge is 2.32. The van der Waals surface area contributed by atoms with Crippen LogP contribution in [0.25, 0.3) is 0 Å². The van der Waals surface area contributed by atoms with Crippen molar-refractivity contribution >= 4 is 17.8 Å². The van der Waals surface area contributed by atoms with Crippen LogP contribution in [0.5, 0.6) is 0 Å². The average Bonchev–Trinajstić information content (AvgIpc) is 3.23. The molecule has 3 rings (SSSR count). The third-order valence-corrected chi connectivity index (χ3v) is 5.37. The standard InChI is InChI=1S/C21H23FN2O6/c1-2-29-20(25)13-17(14-3-5-16(22)6-4-14)15-9-11-23(12-10-15)21(26)18-7-8-19(30-18)24(27)28/h3-8,15,17H,2,9-13H2,1H3/t17-/m1/s1. The van der Waals surface area contributed by atoms with E-state index in [4.69, 9.17) is 9.15 Å². The molecule has 2 heterocycles. The molecule has 9 heteroatoms. The van der Waals surface area contributed by atoms with Crippen LogP contribution in [0.15, 0.2) is 40.8 Å². The number of halogens is 1. The molecule has 0 saturated carbocycles. The highest BCUT2D eigenvalue weighted by Crippen LogP contribution is 2.36. The molecule has 1 amide bonds. The lowest BCUT2D eigenvalue weighted by Crippen LogP contribution is -2.40. The van der Waals surface area contributed by atoms with Crippen molar-refractivity contribution in [3.63, 3.8) is 0 Å². The molecule has 1 saturated heterocycles. The Morgan fingerprint density at radius 2 is 1.90 bits per heavy atom. The quantitative estimate of drug-likeness (QED) is 0.384. The fourth-order valence-electron chi connectivity index (χ4n) is 3.87. The lowest BCUT2D eigenvalue weighted by atomic mass is 9.78. The molecule has 1 aliphatic heterocycles. The molecule has 160 valence electrons. The third-order valence-electron chi connectivity index (χ3n) is 5.37. The van der Waals surface area contributed by atoms with Gasteiger partial charge >= 0.3 is 11.9 Å². The van der Waals surface area contributed by atoms with E-state index in [-0.39, 0.29) is 42.4 Å². The number of hydrogen-bond donors (Lipinski definition) is 0. The van der Waals surface area contributed by atoms with Gasteiger partial charge in [-0.15, -0.1) is 0 Å². The zero-order valence-electron chi connectivity index (χ0n) is 16.6. The number of hydrogen-bond acceptors (Lipinski definition) is 6. The van der Waals surface area contributed by atoms with Crippen LogP contribution in [0.1, 0.15) is 48.2 Å². The summed E-state index contributed by atoms with van der Waals surface area (Å²) in [5.41, 5.74) is 0.857. The minimum absolute atomic E-state index is 0.0678. The second-order valence-corrected chi connectivity index (χ2v) is 7.19. The Hall–Kier alpha value is -3.23. The molecule has 30 heavy (non-hydrogen) atoms. The molecular weight excluding hydrogens is 395 g/mol. The van der Waals surface area contributed by atoms with Crippen molar-refractivity contribution in [2.24, 2.45) is 5.92 Å². The van der Waals surface area contributed by atoms with Crippen molar-refractivity contribution in [1.82, 2.24) is 4.90 Å². The summed E-state index contributed by atoms with van der Waals surface area (Å²) in [6.45, 7) is 2.89. The molecule has 1 aromatic carbocycles. The van der Waals surface area contributed by atoms with E-state index < -0.39 is 16.7 Å². The van der Waals surface area contributed by atoms with E-state index in [9.17, 15) is 24.1 Å². The number of carbonyl (C=O) groups excluding carboxylic acids is 2. The van der Waals surface area contributed by atoms with Crippen molar-refractivity contribution in [3.8, 4) is 0 Å². The number of amides is 1. The first-order valence-electron chi connectivity index (χ1n) is 9.83. The number of benzene rings is 1. The number of esters is 1. The first-order chi connectivity index (χ1) is 14.4. The van der Waals surface area contributed by atoms with Crippen molar-refractivity contribution < 1.29 is 28.1 Å². The molecule has 0 aliphatic carbocycles. The van der Waals surface area contributed by atoms with Crippen LogP contribution in [-0.4, -0.2) is 41.4 Å². The molecule has 0 spiro atoms. The van der Waals surface area contributed by atoms with E-state index in [1.165, 1.54) is 18.2 Å². The second kappa shape index (κ2) is 9.51. The minimum Gasteiger partial charge on any atom is -0.466 e. The number of furan rings is 1. The fraction of sp³-hybridized carbons (Fsp3) is 0.429. The Bertz CT molecular complexity index is 902. The number of carbonyl (C=O) groups is 2. The van der Waals surface area contributed by atoms with Gasteiger partial charge in [-0.2, -0.15) is 0 Å². The van der Waals surface area contributed by atoms with Crippen molar-refractivity contribution in [2.75, 3.05) is 19.7 Å². The van der Waals surface area contributed by atoms with E-state index in [0.29, 0.717) is 25.9 Å².